The van der Waals surface area contributed by atoms with Crippen LogP contribution < -0.4 is 21.2 Å². The highest BCUT2D eigenvalue weighted by Crippen LogP contribution is 2.65. The van der Waals surface area contributed by atoms with Crippen LogP contribution in [-0.2, 0) is 0 Å². The van der Waals surface area contributed by atoms with E-state index in [1.165, 1.54) is 21.2 Å². The van der Waals surface area contributed by atoms with E-state index in [4.69, 9.17) is 4.98 Å². The number of para-hydroxylation sites is 1. The van der Waals surface area contributed by atoms with Crippen molar-refractivity contribution in [3.63, 3.8) is 0 Å². The van der Waals surface area contributed by atoms with E-state index in [9.17, 15) is 0 Å². The van der Waals surface area contributed by atoms with Gasteiger partial charge in [0.1, 0.15) is 28.9 Å². The first-order chi connectivity index (χ1) is 16.9. The monoisotopic (exact) mass is 457 g/mol. The number of anilines is 1. The lowest BCUT2D eigenvalue weighted by atomic mass is 10.3. The molecule has 164 valence electrons. The molecule has 0 aliphatic carbocycles. The zero-order chi connectivity index (χ0) is 23.1. The standard InChI is InChI=1S/C31H26N2P/c1-5-15-26(16-6-1)33-25-31(30-23-13-14-24-32-30)34(27-17-7-2-8-18-27,28-19-9-3-10-20-28)29-21-11-4-12-22-29/h1-25,33H/q+1. The van der Waals surface area contributed by atoms with Gasteiger partial charge in [-0.25, -0.2) is 0 Å². The zero-order valence-electron chi connectivity index (χ0n) is 18.8. The summed E-state index contributed by atoms with van der Waals surface area (Å²) in [5.41, 5.74) is 2.01. The lowest BCUT2D eigenvalue weighted by Gasteiger charge is -2.29. The summed E-state index contributed by atoms with van der Waals surface area (Å²) in [6, 6.07) is 49.0. The molecule has 0 aliphatic heterocycles. The Hall–Kier alpha value is -4.00. The van der Waals surface area contributed by atoms with Crippen molar-refractivity contribution in [3.8, 4) is 0 Å². The number of benzene rings is 4. The summed E-state index contributed by atoms with van der Waals surface area (Å²) in [5, 5.41) is 8.64. The van der Waals surface area contributed by atoms with Crippen LogP contribution in [0.4, 0.5) is 5.69 Å². The Bertz CT molecular complexity index is 1240. The van der Waals surface area contributed by atoms with Crippen LogP contribution in [0.2, 0.25) is 0 Å². The number of hydrogen-bond acceptors (Lipinski definition) is 2. The average Bonchev–Trinajstić information content (AvgIpc) is 2.94. The third-order valence-electron chi connectivity index (χ3n) is 5.87. The number of nitrogens with zero attached hydrogens (tertiary/aromatic N) is 1. The second kappa shape index (κ2) is 10.3. The molecule has 3 heteroatoms. The highest BCUT2D eigenvalue weighted by molar-refractivity contribution is 8.03. The number of pyridine rings is 1. The first-order valence-corrected chi connectivity index (χ1v) is 13.2. The third-order valence-corrected chi connectivity index (χ3v) is 10.2. The van der Waals surface area contributed by atoms with Crippen LogP contribution in [0.5, 0.6) is 0 Å². The molecule has 0 radical (unpaired) electrons. The maximum atomic E-state index is 4.85. The Morgan fingerprint density at radius 1 is 0.529 bits per heavy atom. The van der Waals surface area contributed by atoms with Crippen molar-refractivity contribution in [2.24, 2.45) is 0 Å². The van der Waals surface area contributed by atoms with Crippen LogP contribution in [0.3, 0.4) is 0 Å². The van der Waals surface area contributed by atoms with Gasteiger partial charge in [0.25, 0.3) is 0 Å². The highest BCUT2D eigenvalue weighted by atomic mass is 31.2. The van der Waals surface area contributed by atoms with Gasteiger partial charge in [-0.3, -0.25) is 4.98 Å². The van der Waals surface area contributed by atoms with Crippen molar-refractivity contribution in [2.45, 2.75) is 0 Å². The normalized spacial score (nSPS) is 11.7. The summed E-state index contributed by atoms with van der Waals surface area (Å²) in [5.74, 6) is 0. The van der Waals surface area contributed by atoms with Crippen molar-refractivity contribution in [2.75, 3.05) is 5.32 Å². The molecule has 0 saturated carbocycles. The molecule has 4 aromatic carbocycles. The molecular weight excluding hydrogens is 431 g/mol. The predicted molar refractivity (Wildman–Crippen MR) is 147 cm³/mol. The molecule has 1 aromatic heterocycles. The fourth-order valence-corrected chi connectivity index (χ4v) is 8.68. The molecule has 0 atom stereocenters. The highest BCUT2D eigenvalue weighted by Gasteiger charge is 2.50. The smallest absolute Gasteiger partial charge is 0.151 e. The fraction of sp³-hybridized carbons (Fsp3) is 0. The molecule has 0 amide bonds. The molecule has 0 unspecified atom stereocenters. The van der Waals surface area contributed by atoms with Crippen LogP contribution in [0, 0.1) is 0 Å². The lowest BCUT2D eigenvalue weighted by molar-refractivity contribution is 1.29. The summed E-state index contributed by atoms with van der Waals surface area (Å²) in [6.45, 7) is 0. The summed E-state index contributed by atoms with van der Waals surface area (Å²) < 4.78 is 0. The maximum absolute atomic E-state index is 4.85. The van der Waals surface area contributed by atoms with Gasteiger partial charge in [-0.2, -0.15) is 0 Å². The molecule has 1 heterocycles. The Morgan fingerprint density at radius 2 is 0.971 bits per heavy atom. The minimum atomic E-state index is -2.29. The number of rotatable bonds is 7. The Morgan fingerprint density at radius 3 is 1.41 bits per heavy atom. The van der Waals surface area contributed by atoms with Gasteiger partial charge in [0.05, 0.1) is 0 Å². The van der Waals surface area contributed by atoms with Gasteiger partial charge in [0.15, 0.2) is 5.31 Å². The summed E-state index contributed by atoms with van der Waals surface area (Å²) in [6.07, 6.45) is 4.04. The predicted octanol–water partition coefficient (Wildman–Crippen LogP) is 6.49. The average molecular weight is 458 g/mol. The Kier molecular flexibility index (Phi) is 6.61. The van der Waals surface area contributed by atoms with Gasteiger partial charge in [0.2, 0.25) is 0 Å². The molecule has 2 nitrogen and oxygen atoms in total. The van der Waals surface area contributed by atoms with Crippen molar-refractivity contribution >= 4 is 34.2 Å². The number of nitrogens with one attached hydrogen (secondary N) is 1. The van der Waals surface area contributed by atoms with Gasteiger partial charge < -0.3 is 5.32 Å². The summed E-state index contributed by atoms with van der Waals surface area (Å²) in [4.78, 5) is 4.85. The van der Waals surface area contributed by atoms with Crippen molar-refractivity contribution in [1.82, 2.24) is 4.98 Å². The Labute approximate surface area is 202 Å². The van der Waals surface area contributed by atoms with Crippen LogP contribution in [0.15, 0.2) is 152 Å². The minimum absolute atomic E-state index is 0.968. The SMILES string of the molecule is C(Nc1ccccc1)=C(c1ccccn1)[P+](c1ccccc1)(c1ccccc1)c1ccccc1. The van der Waals surface area contributed by atoms with E-state index < -0.39 is 7.26 Å². The minimum Gasteiger partial charge on any atom is -0.358 e. The number of aromatic nitrogens is 1. The third kappa shape index (κ3) is 4.29. The van der Waals surface area contributed by atoms with Gasteiger partial charge in [0, 0.05) is 18.1 Å². The quantitative estimate of drug-likeness (QED) is 0.283. The molecule has 0 bridgehead atoms. The molecule has 34 heavy (non-hydrogen) atoms. The van der Waals surface area contributed by atoms with Crippen molar-refractivity contribution in [3.05, 3.63) is 158 Å². The summed E-state index contributed by atoms with van der Waals surface area (Å²) in [7, 11) is -2.29. The van der Waals surface area contributed by atoms with Crippen LogP contribution >= 0.6 is 7.26 Å². The molecule has 1 N–H and O–H groups in total. The van der Waals surface area contributed by atoms with Crippen molar-refractivity contribution < 1.29 is 0 Å². The van der Waals surface area contributed by atoms with Crippen molar-refractivity contribution in [1.29, 1.82) is 0 Å². The van der Waals surface area contributed by atoms with E-state index in [1.54, 1.807) is 0 Å². The van der Waals surface area contributed by atoms with Gasteiger partial charge in [-0.1, -0.05) is 78.9 Å². The Balaban J connectivity index is 1.86. The second-order valence-electron chi connectivity index (χ2n) is 7.93. The molecule has 5 aromatic rings. The van der Waals surface area contributed by atoms with E-state index in [0.29, 0.717) is 0 Å². The molecule has 0 saturated heterocycles. The summed E-state index contributed by atoms with van der Waals surface area (Å²) >= 11 is 0. The topological polar surface area (TPSA) is 24.9 Å². The van der Waals surface area contributed by atoms with Gasteiger partial charge in [-0.15, -0.1) is 0 Å². The fourth-order valence-electron chi connectivity index (χ4n) is 4.36. The van der Waals surface area contributed by atoms with E-state index in [-0.39, 0.29) is 0 Å². The second-order valence-corrected chi connectivity index (χ2v) is 11.3. The zero-order valence-corrected chi connectivity index (χ0v) is 19.7. The van der Waals surface area contributed by atoms with E-state index in [1.807, 2.05) is 30.5 Å². The molecule has 0 fully saturated rings. The van der Waals surface area contributed by atoms with E-state index in [0.717, 1.165) is 11.4 Å². The van der Waals surface area contributed by atoms with Gasteiger partial charge in [-0.05, 0) is 60.7 Å². The van der Waals surface area contributed by atoms with Gasteiger partial charge >= 0.3 is 0 Å². The van der Waals surface area contributed by atoms with Crippen LogP contribution in [0.25, 0.3) is 5.31 Å². The van der Waals surface area contributed by atoms with Crippen LogP contribution in [0.1, 0.15) is 5.69 Å². The first-order valence-electron chi connectivity index (χ1n) is 11.4. The number of hydrogen-bond donors (Lipinski definition) is 1. The van der Waals surface area contributed by atoms with E-state index >= 15 is 0 Å². The van der Waals surface area contributed by atoms with Crippen LogP contribution in [-0.4, -0.2) is 4.98 Å². The molecule has 0 aliphatic rings. The largest absolute Gasteiger partial charge is 0.358 e. The molecule has 5 rings (SSSR count). The van der Waals surface area contributed by atoms with E-state index in [2.05, 4.69) is 127 Å². The molecule has 0 spiro atoms. The lowest BCUT2D eigenvalue weighted by Crippen LogP contribution is -2.32. The maximum Gasteiger partial charge on any atom is 0.151 e. The molecular formula is C31H26N2P+. The first kappa shape index (κ1) is 21.8.